The van der Waals surface area contributed by atoms with Crippen LogP contribution in [0.4, 0.5) is 0 Å². The van der Waals surface area contributed by atoms with Crippen molar-refractivity contribution < 1.29 is 19.0 Å². The van der Waals surface area contributed by atoms with Crippen molar-refractivity contribution in [2.45, 2.75) is 19.8 Å². The van der Waals surface area contributed by atoms with Gasteiger partial charge in [0, 0.05) is 6.61 Å². The number of hydrogen-bond donors (Lipinski definition) is 1. The van der Waals surface area contributed by atoms with Crippen molar-refractivity contribution in [1.29, 1.82) is 0 Å². The van der Waals surface area contributed by atoms with E-state index in [0.717, 1.165) is 12.8 Å². The zero-order valence-electron chi connectivity index (χ0n) is 9.78. The first-order valence-corrected chi connectivity index (χ1v) is 5.32. The van der Waals surface area contributed by atoms with Crippen molar-refractivity contribution in [2.75, 3.05) is 39.6 Å². The van der Waals surface area contributed by atoms with Crippen LogP contribution in [0.3, 0.4) is 0 Å². The maximum Gasteiger partial charge on any atom is 0.332 e. The van der Waals surface area contributed by atoms with Gasteiger partial charge < -0.3 is 19.9 Å². The van der Waals surface area contributed by atoms with Crippen LogP contribution in [-0.2, 0) is 19.0 Å². The number of hydrogen-bond acceptors (Lipinski definition) is 5. The summed E-state index contributed by atoms with van der Waals surface area (Å²) in [4.78, 5) is 10.8. The lowest BCUT2D eigenvalue weighted by Crippen LogP contribution is -2.15. The summed E-state index contributed by atoms with van der Waals surface area (Å²) in [6.45, 7) is 4.46. The first-order valence-electron chi connectivity index (χ1n) is 5.32. The van der Waals surface area contributed by atoms with Crippen LogP contribution in [0.25, 0.3) is 0 Å². The Balaban J connectivity index is 0. The van der Waals surface area contributed by atoms with E-state index in [1.165, 1.54) is 0 Å². The van der Waals surface area contributed by atoms with E-state index in [0.29, 0.717) is 33.0 Å². The lowest BCUT2D eigenvalue weighted by molar-refractivity contribution is -0.148. The molecule has 0 aromatic carbocycles. The molecule has 0 aromatic rings. The number of ether oxygens (including phenoxy) is 3. The molecule has 0 atom stereocenters. The van der Waals surface area contributed by atoms with Crippen LogP contribution in [0.5, 0.6) is 0 Å². The standard InChI is InChI=1S/C10H21NO4.ClH/c1-2-15-10(12)9-14-8-7-13-6-4-3-5-11;/h2-9,11H2,1H3;1H. The Labute approximate surface area is 103 Å². The Hall–Kier alpha value is -0.360. The molecule has 6 heteroatoms. The highest BCUT2D eigenvalue weighted by atomic mass is 35.5. The zero-order valence-corrected chi connectivity index (χ0v) is 10.6. The molecule has 0 rings (SSSR count). The summed E-state index contributed by atoms with van der Waals surface area (Å²) >= 11 is 0. The Kier molecular flexibility index (Phi) is 16.5. The van der Waals surface area contributed by atoms with E-state index in [-0.39, 0.29) is 25.0 Å². The van der Waals surface area contributed by atoms with Gasteiger partial charge in [0.05, 0.1) is 19.8 Å². The van der Waals surface area contributed by atoms with Gasteiger partial charge in [0.1, 0.15) is 6.61 Å². The molecule has 98 valence electrons. The van der Waals surface area contributed by atoms with E-state index in [1.807, 2.05) is 0 Å². The minimum absolute atomic E-state index is 0. The Bertz CT molecular complexity index is 158. The lowest BCUT2D eigenvalue weighted by atomic mass is 10.3. The smallest absolute Gasteiger partial charge is 0.332 e. The van der Waals surface area contributed by atoms with Crippen LogP contribution in [0, 0.1) is 0 Å². The first-order chi connectivity index (χ1) is 7.31. The molecule has 0 aliphatic carbocycles. The van der Waals surface area contributed by atoms with Gasteiger partial charge in [0.15, 0.2) is 0 Å². The molecule has 0 fully saturated rings. The Morgan fingerprint density at radius 2 is 1.81 bits per heavy atom. The molecule has 0 unspecified atom stereocenters. The van der Waals surface area contributed by atoms with E-state index in [4.69, 9.17) is 15.2 Å². The van der Waals surface area contributed by atoms with Crippen LogP contribution in [0.1, 0.15) is 19.8 Å². The average Bonchev–Trinajstić information content (AvgIpc) is 2.22. The third kappa shape index (κ3) is 13.6. The minimum atomic E-state index is -0.333. The second kappa shape index (κ2) is 14.6. The summed E-state index contributed by atoms with van der Waals surface area (Å²) in [6.07, 6.45) is 1.94. The fourth-order valence-corrected chi connectivity index (χ4v) is 0.927. The Morgan fingerprint density at radius 3 is 2.44 bits per heavy atom. The molecule has 0 radical (unpaired) electrons. The van der Waals surface area contributed by atoms with Gasteiger partial charge in [0.25, 0.3) is 0 Å². The molecule has 0 aliphatic rings. The van der Waals surface area contributed by atoms with Crippen LogP contribution >= 0.6 is 12.4 Å². The van der Waals surface area contributed by atoms with E-state index in [9.17, 15) is 4.79 Å². The molecule has 5 nitrogen and oxygen atoms in total. The quantitative estimate of drug-likeness (QED) is 0.461. The molecule has 0 aromatic heterocycles. The normalized spacial score (nSPS) is 9.62. The summed E-state index contributed by atoms with van der Waals surface area (Å²) in [5.41, 5.74) is 5.32. The highest BCUT2D eigenvalue weighted by Gasteiger charge is 2.00. The van der Waals surface area contributed by atoms with E-state index in [2.05, 4.69) is 4.74 Å². The van der Waals surface area contributed by atoms with E-state index >= 15 is 0 Å². The summed E-state index contributed by atoms with van der Waals surface area (Å²) in [5.74, 6) is -0.333. The summed E-state index contributed by atoms with van der Waals surface area (Å²) < 4.78 is 15.0. The number of unbranched alkanes of at least 4 members (excludes halogenated alkanes) is 1. The highest BCUT2D eigenvalue weighted by molar-refractivity contribution is 5.85. The molecule has 0 heterocycles. The number of carbonyl (C=O) groups is 1. The number of carbonyl (C=O) groups excluding carboxylic acids is 1. The number of halogens is 1. The van der Waals surface area contributed by atoms with Crippen LogP contribution in [0.15, 0.2) is 0 Å². The summed E-state index contributed by atoms with van der Waals surface area (Å²) in [5, 5.41) is 0. The van der Waals surface area contributed by atoms with Crippen molar-refractivity contribution in [3.63, 3.8) is 0 Å². The largest absolute Gasteiger partial charge is 0.464 e. The third-order valence-electron chi connectivity index (χ3n) is 1.64. The maximum atomic E-state index is 10.8. The fraction of sp³-hybridized carbons (Fsp3) is 0.900. The summed E-state index contributed by atoms with van der Waals surface area (Å²) in [6, 6.07) is 0. The van der Waals surface area contributed by atoms with Crippen LogP contribution in [0.2, 0.25) is 0 Å². The molecule has 0 spiro atoms. The fourth-order valence-electron chi connectivity index (χ4n) is 0.927. The van der Waals surface area contributed by atoms with Crippen molar-refractivity contribution >= 4 is 18.4 Å². The molecule has 0 bridgehead atoms. The molecule has 2 N–H and O–H groups in total. The zero-order chi connectivity index (χ0) is 11.4. The molecule has 0 aliphatic heterocycles. The van der Waals surface area contributed by atoms with Gasteiger partial charge in [-0.3, -0.25) is 0 Å². The summed E-state index contributed by atoms with van der Waals surface area (Å²) in [7, 11) is 0. The Morgan fingerprint density at radius 1 is 1.12 bits per heavy atom. The molecule has 0 saturated heterocycles. The molecule has 16 heavy (non-hydrogen) atoms. The predicted octanol–water partition coefficient (Wildman–Crippen LogP) is 0.743. The predicted molar refractivity (Wildman–Crippen MR) is 63.8 cm³/mol. The molecular weight excluding hydrogens is 234 g/mol. The van der Waals surface area contributed by atoms with Crippen LogP contribution < -0.4 is 5.73 Å². The van der Waals surface area contributed by atoms with Gasteiger partial charge in [-0.05, 0) is 26.3 Å². The number of esters is 1. The van der Waals surface area contributed by atoms with Gasteiger partial charge in [0.2, 0.25) is 0 Å². The highest BCUT2D eigenvalue weighted by Crippen LogP contribution is 1.88. The van der Waals surface area contributed by atoms with E-state index < -0.39 is 0 Å². The monoisotopic (exact) mass is 255 g/mol. The topological polar surface area (TPSA) is 70.8 Å². The second-order valence-electron chi connectivity index (χ2n) is 2.97. The third-order valence-corrected chi connectivity index (χ3v) is 1.64. The van der Waals surface area contributed by atoms with Gasteiger partial charge in [-0.25, -0.2) is 4.79 Å². The van der Waals surface area contributed by atoms with Crippen LogP contribution in [-0.4, -0.2) is 45.5 Å². The van der Waals surface area contributed by atoms with Gasteiger partial charge in [-0.15, -0.1) is 12.4 Å². The van der Waals surface area contributed by atoms with Gasteiger partial charge in [-0.1, -0.05) is 0 Å². The minimum Gasteiger partial charge on any atom is -0.464 e. The number of rotatable bonds is 10. The molecule has 0 saturated carbocycles. The average molecular weight is 256 g/mol. The van der Waals surface area contributed by atoms with Crippen molar-refractivity contribution in [3.05, 3.63) is 0 Å². The SMILES string of the molecule is CCOC(=O)COCCOCCCCN.Cl. The maximum absolute atomic E-state index is 10.8. The lowest BCUT2D eigenvalue weighted by Gasteiger charge is -2.05. The van der Waals surface area contributed by atoms with Gasteiger partial charge >= 0.3 is 5.97 Å². The molecule has 0 amide bonds. The van der Waals surface area contributed by atoms with Gasteiger partial charge in [-0.2, -0.15) is 0 Å². The number of nitrogens with two attached hydrogens (primary N) is 1. The van der Waals surface area contributed by atoms with Crippen molar-refractivity contribution in [3.8, 4) is 0 Å². The molecular formula is C10H22ClNO4. The second-order valence-corrected chi connectivity index (χ2v) is 2.97. The van der Waals surface area contributed by atoms with Crippen molar-refractivity contribution in [1.82, 2.24) is 0 Å². The van der Waals surface area contributed by atoms with E-state index in [1.54, 1.807) is 6.92 Å². The van der Waals surface area contributed by atoms with Crippen molar-refractivity contribution in [2.24, 2.45) is 5.73 Å². The first kappa shape index (κ1) is 18.0.